The fourth-order valence-electron chi connectivity index (χ4n) is 2.49. The molecule has 1 aliphatic rings. The van der Waals surface area contributed by atoms with Crippen LogP contribution < -0.4 is 5.32 Å². The highest BCUT2D eigenvalue weighted by atomic mass is 35.5. The fourth-order valence-corrected chi connectivity index (χ4v) is 3.51. The van der Waals surface area contributed by atoms with Crippen molar-refractivity contribution in [2.75, 3.05) is 7.11 Å². The average molecular weight is 400 g/mol. The smallest absolute Gasteiger partial charge is 0.338 e. The van der Waals surface area contributed by atoms with Crippen LogP contribution in [0.1, 0.15) is 24.2 Å². The minimum atomic E-state index is -0.753. The van der Waals surface area contributed by atoms with E-state index < -0.39 is 17.8 Å². The Morgan fingerprint density at radius 3 is 2.76 bits per heavy atom. The van der Waals surface area contributed by atoms with Gasteiger partial charge < -0.3 is 10.1 Å². The molecular weight excluding hydrogens is 388 g/mol. The summed E-state index contributed by atoms with van der Waals surface area (Å²) in [7, 11) is 1.28. The first-order chi connectivity index (χ1) is 11.9. The summed E-state index contributed by atoms with van der Waals surface area (Å²) < 4.78 is 18.6. The number of amidine groups is 1. The lowest BCUT2D eigenvalue weighted by Crippen LogP contribution is -2.32. The second kappa shape index (κ2) is 7.11. The lowest BCUT2D eigenvalue weighted by atomic mass is 9.95. The fraction of sp³-hybridized carbons (Fsp3) is 0.188. The molecule has 1 atom stereocenters. The van der Waals surface area contributed by atoms with E-state index >= 15 is 0 Å². The van der Waals surface area contributed by atoms with Crippen LogP contribution in [0.15, 0.2) is 39.8 Å². The number of aliphatic imine (C=N–C) groups is 1. The first-order valence-electron chi connectivity index (χ1n) is 7.11. The summed E-state index contributed by atoms with van der Waals surface area (Å²) in [5.41, 5.74) is 1.87. The third-order valence-corrected chi connectivity index (χ3v) is 4.93. The summed E-state index contributed by atoms with van der Waals surface area (Å²) >= 11 is 13.3. The van der Waals surface area contributed by atoms with E-state index in [4.69, 9.17) is 27.9 Å². The standard InChI is InChI=1S/C16H12Cl2FN3O2S/c1-7-12(15(23)24-2)13(9-4-3-8(19)5-10(9)17)22-14(20-7)11-6-25-16(18)21-11/h3-6,13H,1-2H3,(H,20,22)/t13-/m0/s1. The van der Waals surface area contributed by atoms with Gasteiger partial charge in [-0.05, 0) is 19.1 Å². The van der Waals surface area contributed by atoms with Gasteiger partial charge in [-0.2, -0.15) is 0 Å². The minimum absolute atomic E-state index is 0.167. The number of methoxy groups -OCH3 is 1. The van der Waals surface area contributed by atoms with Gasteiger partial charge in [0.15, 0.2) is 10.3 Å². The lowest BCUT2D eigenvalue weighted by molar-refractivity contribution is -0.136. The predicted octanol–water partition coefficient (Wildman–Crippen LogP) is 4.13. The highest BCUT2D eigenvalue weighted by Crippen LogP contribution is 2.36. The van der Waals surface area contributed by atoms with Crippen molar-refractivity contribution >= 4 is 46.3 Å². The van der Waals surface area contributed by atoms with E-state index in [1.807, 2.05) is 0 Å². The van der Waals surface area contributed by atoms with Gasteiger partial charge in [-0.1, -0.05) is 29.3 Å². The number of esters is 1. The lowest BCUT2D eigenvalue weighted by Gasteiger charge is -2.25. The molecule has 0 amide bonds. The molecule has 0 bridgehead atoms. The molecule has 0 unspecified atom stereocenters. The molecule has 0 aliphatic carbocycles. The number of benzene rings is 1. The van der Waals surface area contributed by atoms with E-state index in [1.165, 1.54) is 36.6 Å². The number of halogens is 3. The summed E-state index contributed by atoms with van der Waals surface area (Å²) in [6, 6.07) is 3.19. The molecule has 1 aromatic carbocycles. The van der Waals surface area contributed by atoms with Crippen LogP contribution in [0.25, 0.3) is 0 Å². The van der Waals surface area contributed by atoms with E-state index in [1.54, 1.807) is 12.3 Å². The molecule has 0 saturated carbocycles. The van der Waals surface area contributed by atoms with E-state index in [9.17, 15) is 9.18 Å². The molecule has 1 aromatic heterocycles. The molecule has 130 valence electrons. The number of allylic oxidation sites excluding steroid dienone is 1. The van der Waals surface area contributed by atoms with Gasteiger partial charge in [0.1, 0.15) is 17.6 Å². The highest BCUT2D eigenvalue weighted by Gasteiger charge is 2.32. The van der Waals surface area contributed by atoms with Gasteiger partial charge in [0.25, 0.3) is 0 Å². The average Bonchev–Trinajstić information content (AvgIpc) is 3.00. The molecule has 2 heterocycles. The van der Waals surface area contributed by atoms with Crippen molar-refractivity contribution in [3.63, 3.8) is 0 Å². The molecule has 0 fully saturated rings. The maximum atomic E-state index is 13.4. The predicted molar refractivity (Wildman–Crippen MR) is 95.7 cm³/mol. The number of nitrogens with zero attached hydrogens (tertiary/aromatic N) is 2. The Hall–Kier alpha value is -1.96. The summed E-state index contributed by atoms with van der Waals surface area (Å²) in [6.45, 7) is 1.72. The first-order valence-corrected chi connectivity index (χ1v) is 8.74. The van der Waals surface area contributed by atoms with Gasteiger partial charge >= 0.3 is 5.97 Å². The van der Waals surface area contributed by atoms with Crippen LogP contribution >= 0.6 is 34.5 Å². The van der Waals surface area contributed by atoms with Gasteiger partial charge in [0.05, 0.1) is 12.7 Å². The van der Waals surface area contributed by atoms with E-state index in [0.717, 1.165) is 0 Å². The Bertz CT molecular complexity index is 911. The number of ether oxygens (including phenoxy) is 1. The van der Waals surface area contributed by atoms with Crippen molar-refractivity contribution in [3.05, 3.63) is 61.4 Å². The molecule has 1 aliphatic heterocycles. The number of aromatic nitrogens is 1. The van der Waals surface area contributed by atoms with Gasteiger partial charge in [0, 0.05) is 21.7 Å². The second-order valence-corrected chi connectivity index (χ2v) is 7.03. The Labute approximate surface area is 157 Å². The summed E-state index contributed by atoms with van der Waals surface area (Å²) in [4.78, 5) is 21.0. The number of thiazole rings is 1. The summed E-state index contributed by atoms with van der Waals surface area (Å²) in [5, 5.41) is 4.95. The zero-order chi connectivity index (χ0) is 18.1. The van der Waals surface area contributed by atoms with Gasteiger partial charge in [-0.15, -0.1) is 11.3 Å². The second-order valence-electron chi connectivity index (χ2n) is 5.19. The zero-order valence-corrected chi connectivity index (χ0v) is 15.5. The van der Waals surface area contributed by atoms with Gasteiger partial charge in [-0.3, -0.25) is 4.99 Å². The highest BCUT2D eigenvalue weighted by molar-refractivity contribution is 7.14. The molecule has 3 rings (SSSR count). The monoisotopic (exact) mass is 399 g/mol. The molecule has 25 heavy (non-hydrogen) atoms. The largest absolute Gasteiger partial charge is 0.466 e. The third-order valence-electron chi connectivity index (χ3n) is 3.62. The number of carbonyl (C=O) groups excluding carboxylic acids is 1. The van der Waals surface area contributed by atoms with Crippen molar-refractivity contribution in [3.8, 4) is 0 Å². The van der Waals surface area contributed by atoms with Crippen LogP contribution in [-0.2, 0) is 9.53 Å². The number of nitrogens with one attached hydrogen (secondary N) is 1. The quantitative estimate of drug-likeness (QED) is 0.788. The van der Waals surface area contributed by atoms with E-state index in [-0.39, 0.29) is 5.02 Å². The SMILES string of the molecule is COC(=O)C1=C(C)NC(c2csc(Cl)n2)=N[C@H]1c1ccc(F)cc1Cl. The van der Waals surface area contributed by atoms with Crippen LogP contribution in [0.4, 0.5) is 4.39 Å². The minimum Gasteiger partial charge on any atom is -0.466 e. The Balaban J connectivity index is 2.14. The van der Waals surface area contributed by atoms with Gasteiger partial charge in [0.2, 0.25) is 0 Å². The number of carbonyl (C=O) groups is 1. The van der Waals surface area contributed by atoms with Crippen LogP contribution in [0.2, 0.25) is 9.49 Å². The Morgan fingerprint density at radius 1 is 1.40 bits per heavy atom. The molecule has 5 nitrogen and oxygen atoms in total. The van der Waals surface area contributed by atoms with E-state index in [0.29, 0.717) is 32.8 Å². The van der Waals surface area contributed by atoms with Crippen molar-refractivity contribution in [1.29, 1.82) is 0 Å². The van der Waals surface area contributed by atoms with Crippen molar-refractivity contribution in [2.45, 2.75) is 13.0 Å². The molecule has 0 radical (unpaired) electrons. The molecule has 0 spiro atoms. The molecule has 9 heteroatoms. The van der Waals surface area contributed by atoms with Crippen LogP contribution in [0.5, 0.6) is 0 Å². The zero-order valence-electron chi connectivity index (χ0n) is 13.1. The van der Waals surface area contributed by atoms with Crippen LogP contribution in [0, 0.1) is 5.82 Å². The van der Waals surface area contributed by atoms with Crippen molar-refractivity contribution in [1.82, 2.24) is 10.3 Å². The van der Waals surface area contributed by atoms with Crippen LogP contribution in [-0.4, -0.2) is 23.9 Å². The molecule has 0 saturated heterocycles. The Kier molecular flexibility index (Phi) is 5.08. The van der Waals surface area contributed by atoms with E-state index in [2.05, 4.69) is 15.3 Å². The molecular formula is C16H12Cl2FN3O2S. The molecule has 1 N–H and O–H groups in total. The third kappa shape index (κ3) is 3.53. The van der Waals surface area contributed by atoms with Crippen molar-refractivity contribution < 1.29 is 13.9 Å². The number of rotatable bonds is 3. The van der Waals surface area contributed by atoms with Crippen LogP contribution in [0.3, 0.4) is 0 Å². The maximum Gasteiger partial charge on any atom is 0.338 e. The van der Waals surface area contributed by atoms with Crippen molar-refractivity contribution in [2.24, 2.45) is 4.99 Å². The first kappa shape index (κ1) is 17.8. The Morgan fingerprint density at radius 2 is 2.16 bits per heavy atom. The number of hydrogen-bond acceptors (Lipinski definition) is 6. The summed E-state index contributed by atoms with van der Waals surface area (Å²) in [6.07, 6.45) is 0. The summed E-state index contributed by atoms with van der Waals surface area (Å²) in [5.74, 6) is -0.577. The topological polar surface area (TPSA) is 63.6 Å². The number of hydrogen-bond donors (Lipinski definition) is 1. The maximum absolute atomic E-state index is 13.4. The normalized spacial score (nSPS) is 17.2. The molecule has 2 aromatic rings. The van der Waals surface area contributed by atoms with Gasteiger partial charge in [-0.25, -0.2) is 14.2 Å².